The van der Waals surface area contributed by atoms with Crippen LogP contribution in [0.4, 0.5) is 4.39 Å². The Morgan fingerprint density at radius 2 is 2.19 bits per heavy atom. The summed E-state index contributed by atoms with van der Waals surface area (Å²) in [5.74, 6) is 1.44. The lowest BCUT2D eigenvalue weighted by molar-refractivity contribution is -0.127. The van der Waals surface area contributed by atoms with Gasteiger partial charge in [0.25, 0.3) is 5.89 Å². The van der Waals surface area contributed by atoms with E-state index in [-0.39, 0.29) is 17.6 Å². The smallest absolute Gasteiger partial charge is 0.267 e. The molecule has 1 aliphatic heterocycles. The quantitative estimate of drug-likeness (QED) is 0.616. The van der Waals surface area contributed by atoms with E-state index in [4.69, 9.17) is 4.52 Å². The second-order valence-corrected chi connectivity index (χ2v) is 8.00. The first-order chi connectivity index (χ1) is 12.7. The summed E-state index contributed by atoms with van der Waals surface area (Å²) in [5, 5.41) is 6.06. The fourth-order valence-corrected chi connectivity index (χ4v) is 4.31. The molecule has 0 bridgehead atoms. The molecule has 5 nitrogen and oxygen atoms in total. The second-order valence-electron chi connectivity index (χ2n) is 6.00. The Hall–Kier alpha value is -2.19. The highest BCUT2D eigenvalue weighted by Crippen LogP contribution is 2.29. The number of hydrogen-bond acceptors (Lipinski definition) is 6. The Bertz CT molecular complexity index is 880. The number of hydrogen-bond donors (Lipinski definition) is 0. The number of benzene rings is 1. The molecular formula is C18H16FN3O2S2. The molecule has 26 heavy (non-hydrogen) atoms. The molecule has 0 N–H and O–H groups in total. The summed E-state index contributed by atoms with van der Waals surface area (Å²) >= 11 is 2.97. The molecule has 3 heterocycles. The molecule has 1 atom stereocenters. The zero-order chi connectivity index (χ0) is 17.9. The monoisotopic (exact) mass is 389 g/mol. The minimum atomic E-state index is -0.273. The first kappa shape index (κ1) is 17.2. The first-order valence-electron chi connectivity index (χ1n) is 8.22. The van der Waals surface area contributed by atoms with Gasteiger partial charge in [0.05, 0.1) is 10.6 Å². The van der Waals surface area contributed by atoms with E-state index >= 15 is 0 Å². The van der Waals surface area contributed by atoms with Crippen LogP contribution in [0.15, 0.2) is 51.2 Å². The number of aromatic nitrogens is 2. The maximum atomic E-state index is 12.9. The van der Waals surface area contributed by atoms with E-state index in [0.29, 0.717) is 30.6 Å². The SMILES string of the molecule is O=C(CSc1ccc(F)cc1)N1CCC(c2noc(-c3cccs3)n2)C1. The van der Waals surface area contributed by atoms with Gasteiger partial charge in [-0.05, 0) is 42.1 Å². The number of carbonyl (C=O) groups excluding carboxylic acids is 1. The predicted molar refractivity (Wildman–Crippen MR) is 98.7 cm³/mol. The van der Waals surface area contributed by atoms with E-state index in [2.05, 4.69) is 10.1 Å². The van der Waals surface area contributed by atoms with E-state index in [0.717, 1.165) is 16.2 Å². The summed E-state index contributed by atoms with van der Waals surface area (Å²) in [5.41, 5.74) is 0. The summed E-state index contributed by atoms with van der Waals surface area (Å²) < 4.78 is 18.3. The average Bonchev–Trinajstić information content (AvgIpc) is 3.41. The maximum Gasteiger partial charge on any atom is 0.267 e. The lowest BCUT2D eigenvalue weighted by Gasteiger charge is -2.15. The number of thiophene rings is 1. The normalized spacial score (nSPS) is 17.0. The van der Waals surface area contributed by atoms with Crippen molar-refractivity contribution >= 4 is 29.0 Å². The first-order valence-corrected chi connectivity index (χ1v) is 10.1. The van der Waals surface area contributed by atoms with Gasteiger partial charge in [-0.2, -0.15) is 4.98 Å². The van der Waals surface area contributed by atoms with E-state index in [1.807, 2.05) is 22.4 Å². The van der Waals surface area contributed by atoms with Gasteiger partial charge in [-0.25, -0.2) is 4.39 Å². The van der Waals surface area contributed by atoms with E-state index < -0.39 is 0 Å². The topological polar surface area (TPSA) is 59.2 Å². The standard InChI is InChI=1S/C18H16FN3O2S2/c19-13-3-5-14(6-4-13)26-11-16(23)22-8-7-12(10-22)17-20-18(24-21-17)15-2-1-9-25-15/h1-6,9,12H,7-8,10-11H2. The summed E-state index contributed by atoms with van der Waals surface area (Å²) in [4.78, 5) is 20.6. The average molecular weight is 389 g/mol. The van der Waals surface area contributed by atoms with Crippen molar-refractivity contribution in [2.24, 2.45) is 0 Å². The molecule has 0 aliphatic carbocycles. The molecule has 1 fully saturated rings. The number of likely N-dealkylation sites (tertiary alicyclic amines) is 1. The minimum absolute atomic E-state index is 0.0730. The van der Waals surface area contributed by atoms with Crippen LogP contribution < -0.4 is 0 Å². The van der Waals surface area contributed by atoms with Gasteiger partial charge in [0.2, 0.25) is 5.91 Å². The van der Waals surface area contributed by atoms with Crippen LogP contribution in [0.25, 0.3) is 10.8 Å². The molecule has 2 aromatic heterocycles. The molecule has 1 aromatic carbocycles. The van der Waals surface area contributed by atoms with Gasteiger partial charge in [-0.15, -0.1) is 23.1 Å². The molecule has 0 saturated carbocycles. The van der Waals surface area contributed by atoms with Crippen LogP contribution in [-0.4, -0.2) is 39.8 Å². The Morgan fingerprint density at radius 3 is 2.96 bits per heavy atom. The van der Waals surface area contributed by atoms with Crippen molar-refractivity contribution in [1.29, 1.82) is 0 Å². The molecule has 3 aromatic rings. The predicted octanol–water partition coefficient (Wildman–Crippen LogP) is 4.05. The van der Waals surface area contributed by atoms with Crippen LogP contribution in [0.1, 0.15) is 18.2 Å². The van der Waals surface area contributed by atoms with Gasteiger partial charge in [-0.1, -0.05) is 11.2 Å². The molecular weight excluding hydrogens is 373 g/mol. The zero-order valence-electron chi connectivity index (χ0n) is 13.8. The van der Waals surface area contributed by atoms with Crippen molar-refractivity contribution < 1.29 is 13.7 Å². The summed E-state index contributed by atoms with van der Waals surface area (Å²) in [7, 11) is 0. The van der Waals surface area contributed by atoms with Gasteiger partial charge in [0, 0.05) is 23.9 Å². The van der Waals surface area contributed by atoms with Crippen molar-refractivity contribution in [2.75, 3.05) is 18.8 Å². The Balaban J connectivity index is 1.33. The number of amides is 1. The molecule has 4 rings (SSSR count). The number of nitrogens with zero attached hydrogens (tertiary/aromatic N) is 3. The van der Waals surface area contributed by atoms with Gasteiger partial charge in [0.1, 0.15) is 5.82 Å². The molecule has 1 aliphatic rings. The van der Waals surface area contributed by atoms with Crippen molar-refractivity contribution in [3.05, 3.63) is 53.4 Å². The molecule has 0 spiro atoms. The third-order valence-corrected chi connectivity index (χ3v) is 6.11. The van der Waals surface area contributed by atoms with Crippen molar-refractivity contribution in [3.63, 3.8) is 0 Å². The molecule has 1 amide bonds. The lowest BCUT2D eigenvalue weighted by Crippen LogP contribution is -2.30. The van der Waals surface area contributed by atoms with Crippen molar-refractivity contribution in [3.8, 4) is 10.8 Å². The van der Waals surface area contributed by atoms with Crippen LogP contribution in [0.5, 0.6) is 0 Å². The Morgan fingerprint density at radius 1 is 1.35 bits per heavy atom. The van der Waals surface area contributed by atoms with Crippen LogP contribution in [0, 0.1) is 5.82 Å². The summed E-state index contributed by atoms with van der Waals surface area (Å²) in [6, 6.07) is 10.1. The molecule has 134 valence electrons. The third-order valence-electron chi connectivity index (χ3n) is 4.26. The van der Waals surface area contributed by atoms with Gasteiger partial charge < -0.3 is 9.42 Å². The van der Waals surface area contributed by atoms with Gasteiger partial charge in [-0.3, -0.25) is 4.79 Å². The van der Waals surface area contributed by atoms with E-state index in [9.17, 15) is 9.18 Å². The fourth-order valence-electron chi connectivity index (χ4n) is 2.87. The Kier molecular flexibility index (Phi) is 5.03. The minimum Gasteiger partial charge on any atom is -0.341 e. The molecule has 1 unspecified atom stereocenters. The Labute approximate surface area is 158 Å². The largest absolute Gasteiger partial charge is 0.341 e. The van der Waals surface area contributed by atoms with Crippen molar-refractivity contribution in [2.45, 2.75) is 17.2 Å². The number of thioether (sulfide) groups is 1. The fraction of sp³-hybridized carbons (Fsp3) is 0.278. The summed E-state index contributed by atoms with van der Waals surface area (Å²) in [6.07, 6.45) is 0.830. The van der Waals surface area contributed by atoms with Crippen molar-refractivity contribution in [1.82, 2.24) is 15.0 Å². The molecule has 0 radical (unpaired) electrons. The second kappa shape index (κ2) is 7.59. The lowest BCUT2D eigenvalue weighted by atomic mass is 10.1. The highest BCUT2D eigenvalue weighted by atomic mass is 32.2. The third kappa shape index (κ3) is 3.81. The van der Waals surface area contributed by atoms with Crippen LogP contribution in [0.3, 0.4) is 0 Å². The zero-order valence-corrected chi connectivity index (χ0v) is 15.4. The van der Waals surface area contributed by atoms with E-state index in [1.54, 1.807) is 23.5 Å². The maximum absolute atomic E-state index is 12.9. The molecule has 1 saturated heterocycles. The van der Waals surface area contributed by atoms with Crippen LogP contribution in [-0.2, 0) is 4.79 Å². The van der Waals surface area contributed by atoms with Gasteiger partial charge in [0.15, 0.2) is 5.82 Å². The number of carbonyl (C=O) groups is 1. The highest BCUT2D eigenvalue weighted by molar-refractivity contribution is 8.00. The number of rotatable bonds is 5. The summed E-state index contributed by atoms with van der Waals surface area (Å²) in [6.45, 7) is 1.29. The molecule has 8 heteroatoms. The van der Waals surface area contributed by atoms with E-state index in [1.165, 1.54) is 23.9 Å². The highest BCUT2D eigenvalue weighted by Gasteiger charge is 2.30. The van der Waals surface area contributed by atoms with Crippen LogP contribution >= 0.6 is 23.1 Å². The van der Waals surface area contributed by atoms with Gasteiger partial charge >= 0.3 is 0 Å². The van der Waals surface area contributed by atoms with Crippen LogP contribution in [0.2, 0.25) is 0 Å². The number of halogens is 1.